The molecule has 0 atom stereocenters. The van der Waals surface area contributed by atoms with Gasteiger partial charge in [0.05, 0.1) is 18.2 Å². The van der Waals surface area contributed by atoms with Gasteiger partial charge >= 0.3 is 0 Å². The molecule has 0 radical (unpaired) electrons. The Morgan fingerprint density at radius 1 is 1.06 bits per heavy atom. The second-order valence-electron chi connectivity index (χ2n) is 5.26. The van der Waals surface area contributed by atoms with E-state index in [-0.39, 0.29) is 0 Å². The van der Waals surface area contributed by atoms with Gasteiger partial charge in [-0.1, -0.05) is 11.6 Å². The Kier molecular flexibility index (Phi) is 2.45. The Balaban J connectivity index is 1.78. The van der Waals surface area contributed by atoms with Crippen LogP contribution in [0.3, 0.4) is 0 Å². The van der Waals surface area contributed by atoms with Gasteiger partial charge in [0.25, 0.3) is 0 Å². The summed E-state index contributed by atoms with van der Waals surface area (Å²) in [4.78, 5) is 0. The molecule has 0 spiro atoms. The molecule has 1 saturated carbocycles. The van der Waals surface area contributed by atoms with Crippen molar-refractivity contribution in [1.29, 1.82) is 0 Å². The van der Waals surface area contributed by atoms with E-state index < -0.39 is 0 Å². The third-order valence-corrected chi connectivity index (χ3v) is 4.39. The molecule has 3 aliphatic rings. The van der Waals surface area contributed by atoms with E-state index in [0.29, 0.717) is 6.04 Å². The molecule has 4 rings (SSSR count). The van der Waals surface area contributed by atoms with Crippen LogP contribution in [0, 0.1) is 0 Å². The summed E-state index contributed by atoms with van der Waals surface area (Å²) in [5.74, 6) is 1.94. The molecular weight excluding hydrogens is 250 g/mol. The largest absolute Gasteiger partial charge is 0.493 e. The smallest absolute Gasteiger partial charge is 0.142 e. The number of benzene rings is 1. The Morgan fingerprint density at radius 3 is 2.56 bits per heavy atom. The summed E-state index contributed by atoms with van der Waals surface area (Å²) in [5.41, 5.74) is 3.69. The topological polar surface area (TPSA) is 30.5 Å². The predicted octanol–water partition coefficient (Wildman–Crippen LogP) is 2.46. The van der Waals surface area contributed by atoms with E-state index in [4.69, 9.17) is 21.1 Å². The van der Waals surface area contributed by atoms with E-state index >= 15 is 0 Å². The highest BCUT2D eigenvalue weighted by molar-refractivity contribution is 6.33. The minimum atomic E-state index is 0.704. The lowest BCUT2D eigenvalue weighted by Crippen LogP contribution is -2.17. The number of halogens is 1. The van der Waals surface area contributed by atoms with Crippen LogP contribution in [-0.4, -0.2) is 19.3 Å². The summed E-state index contributed by atoms with van der Waals surface area (Å²) in [6.07, 6.45) is 4.46. The summed E-state index contributed by atoms with van der Waals surface area (Å²) in [6, 6.07) is 0.704. The van der Waals surface area contributed by atoms with Crippen molar-refractivity contribution >= 4 is 11.6 Å². The standard InChI is InChI=1S/C14H16ClNO2/c15-12-10-4-6-17-13(10)11(7-16-8-1-2-8)9-3-5-18-14(9)12/h8,16H,1-7H2. The summed E-state index contributed by atoms with van der Waals surface area (Å²) in [6.45, 7) is 2.37. The summed E-state index contributed by atoms with van der Waals surface area (Å²) >= 11 is 6.42. The maximum absolute atomic E-state index is 6.42. The van der Waals surface area contributed by atoms with Gasteiger partial charge in [-0.15, -0.1) is 0 Å². The maximum atomic E-state index is 6.42. The Bertz CT molecular complexity index is 476. The minimum absolute atomic E-state index is 0.704. The van der Waals surface area contributed by atoms with Gasteiger partial charge in [-0.25, -0.2) is 0 Å². The molecule has 4 heteroatoms. The van der Waals surface area contributed by atoms with Crippen LogP contribution >= 0.6 is 11.6 Å². The van der Waals surface area contributed by atoms with Gasteiger partial charge in [0, 0.05) is 42.1 Å². The Hall–Kier alpha value is -0.930. The second-order valence-corrected chi connectivity index (χ2v) is 5.64. The Labute approximate surface area is 111 Å². The van der Waals surface area contributed by atoms with Crippen molar-refractivity contribution in [3.63, 3.8) is 0 Å². The Morgan fingerprint density at radius 2 is 1.78 bits per heavy atom. The number of ether oxygens (including phenoxy) is 2. The fourth-order valence-electron chi connectivity index (χ4n) is 2.87. The molecule has 0 bridgehead atoms. The van der Waals surface area contributed by atoms with Crippen LogP contribution in [0.4, 0.5) is 0 Å². The molecule has 3 nitrogen and oxygen atoms in total. The van der Waals surface area contributed by atoms with Crippen molar-refractivity contribution in [2.24, 2.45) is 0 Å². The molecule has 1 aliphatic carbocycles. The van der Waals surface area contributed by atoms with Gasteiger partial charge in [-0.05, 0) is 12.8 Å². The third kappa shape index (κ3) is 1.61. The van der Waals surface area contributed by atoms with Gasteiger partial charge < -0.3 is 14.8 Å². The first-order chi connectivity index (χ1) is 8.84. The minimum Gasteiger partial charge on any atom is -0.493 e. The molecule has 1 fully saturated rings. The lowest BCUT2D eigenvalue weighted by Gasteiger charge is -2.15. The van der Waals surface area contributed by atoms with E-state index in [1.54, 1.807) is 0 Å². The molecule has 1 N–H and O–H groups in total. The van der Waals surface area contributed by atoms with Crippen LogP contribution in [0.15, 0.2) is 0 Å². The molecule has 0 amide bonds. The van der Waals surface area contributed by atoms with Gasteiger partial charge in [0.1, 0.15) is 11.5 Å². The molecule has 0 aromatic heterocycles. The van der Waals surface area contributed by atoms with Gasteiger partial charge in [-0.3, -0.25) is 0 Å². The number of fused-ring (bicyclic) bond motifs is 2. The molecule has 2 aliphatic heterocycles. The van der Waals surface area contributed by atoms with Crippen LogP contribution in [-0.2, 0) is 19.4 Å². The average Bonchev–Trinajstić information content (AvgIpc) is 2.90. The zero-order valence-electron chi connectivity index (χ0n) is 10.2. The monoisotopic (exact) mass is 265 g/mol. The van der Waals surface area contributed by atoms with E-state index in [0.717, 1.165) is 54.7 Å². The van der Waals surface area contributed by atoms with Gasteiger partial charge in [-0.2, -0.15) is 0 Å². The lowest BCUT2D eigenvalue weighted by molar-refractivity contribution is 0.352. The second kappa shape index (κ2) is 4.04. The third-order valence-electron chi connectivity index (χ3n) is 3.99. The van der Waals surface area contributed by atoms with Crippen LogP contribution in [0.2, 0.25) is 5.02 Å². The SMILES string of the molecule is Clc1c2c(c(CNC3CC3)c3c1OCC3)OCC2. The van der Waals surface area contributed by atoms with Crippen LogP contribution in [0.5, 0.6) is 11.5 Å². The van der Waals surface area contributed by atoms with Crippen molar-refractivity contribution in [2.75, 3.05) is 13.2 Å². The molecule has 96 valence electrons. The quantitative estimate of drug-likeness (QED) is 0.911. The molecule has 2 heterocycles. The van der Waals surface area contributed by atoms with Crippen LogP contribution in [0.25, 0.3) is 0 Å². The van der Waals surface area contributed by atoms with E-state index in [1.165, 1.54) is 24.0 Å². The molecule has 0 unspecified atom stereocenters. The number of nitrogens with one attached hydrogen (secondary N) is 1. The van der Waals surface area contributed by atoms with Gasteiger partial charge in [0.15, 0.2) is 0 Å². The van der Waals surface area contributed by atoms with Gasteiger partial charge in [0.2, 0.25) is 0 Å². The first kappa shape index (κ1) is 10.9. The molecule has 1 aromatic rings. The van der Waals surface area contributed by atoms with Crippen molar-refractivity contribution in [2.45, 2.75) is 38.3 Å². The van der Waals surface area contributed by atoms with Crippen molar-refractivity contribution in [1.82, 2.24) is 5.32 Å². The molecule has 1 aromatic carbocycles. The number of rotatable bonds is 3. The zero-order chi connectivity index (χ0) is 12.1. The highest BCUT2D eigenvalue weighted by Gasteiger charge is 2.31. The van der Waals surface area contributed by atoms with Crippen molar-refractivity contribution in [3.8, 4) is 11.5 Å². The summed E-state index contributed by atoms with van der Waals surface area (Å²) < 4.78 is 11.5. The molecule has 0 saturated heterocycles. The molecular formula is C14H16ClNO2. The van der Waals surface area contributed by atoms with E-state index in [2.05, 4.69) is 5.32 Å². The lowest BCUT2D eigenvalue weighted by atomic mass is 9.99. The van der Waals surface area contributed by atoms with Crippen LogP contribution < -0.4 is 14.8 Å². The maximum Gasteiger partial charge on any atom is 0.142 e. The predicted molar refractivity (Wildman–Crippen MR) is 69.7 cm³/mol. The first-order valence-electron chi connectivity index (χ1n) is 6.69. The van der Waals surface area contributed by atoms with E-state index in [1.807, 2.05) is 0 Å². The fourth-order valence-corrected chi connectivity index (χ4v) is 3.22. The van der Waals surface area contributed by atoms with Crippen LogP contribution in [0.1, 0.15) is 29.5 Å². The highest BCUT2D eigenvalue weighted by Crippen LogP contribution is 2.47. The zero-order valence-corrected chi connectivity index (χ0v) is 11.0. The van der Waals surface area contributed by atoms with Crippen molar-refractivity contribution in [3.05, 3.63) is 21.7 Å². The number of hydrogen-bond acceptors (Lipinski definition) is 3. The summed E-state index contributed by atoms with van der Waals surface area (Å²) in [7, 11) is 0. The first-order valence-corrected chi connectivity index (χ1v) is 7.07. The molecule has 18 heavy (non-hydrogen) atoms. The van der Waals surface area contributed by atoms with E-state index in [9.17, 15) is 0 Å². The normalized spacial score (nSPS) is 20.3. The van der Waals surface area contributed by atoms with Crippen molar-refractivity contribution < 1.29 is 9.47 Å². The fraction of sp³-hybridized carbons (Fsp3) is 0.571. The number of hydrogen-bond donors (Lipinski definition) is 1. The highest BCUT2D eigenvalue weighted by atomic mass is 35.5. The average molecular weight is 266 g/mol. The summed E-state index contributed by atoms with van der Waals surface area (Å²) in [5, 5.41) is 4.36.